The third-order valence-corrected chi connectivity index (χ3v) is 4.38. The van der Waals surface area contributed by atoms with E-state index in [0.29, 0.717) is 0 Å². The van der Waals surface area contributed by atoms with E-state index in [4.69, 9.17) is 5.73 Å². The number of hydrogen-bond acceptors (Lipinski definition) is 1. The highest BCUT2D eigenvalue weighted by molar-refractivity contribution is 5.41. The molecule has 2 N–H and O–H groups in total. The molecule has 0 bridgehead atoms. The van der Waals surface area contributed by atoms with Crippen molar-refractivity contribution >= 4 is 0 Å². The summed E-state index contributed by atoms with van der Waals surface area (Å²) < 4.78 is 0. The van der Waals surface area contributed by atoms with Gasteiger partial charge in [-0.1, -0.05) is 45.4 Å². The molecule has 0 heterocycles. The minimum absolute atomic E-state index is 0.224. The van der Waals surface area contributed by atoms with Gasteiger partial charge in [-0.15, -0.1) is 0 Å². The predicted octanol–water partition coefficient (Wildman–Crippen LogP) is 3.67. The van der Waals surface area contributed by atoms with Crippen LogP contribution in [0.5, 0.6) is 0 Å². The van der Waals surface area contributed by atoms with Gasteiger partial charge in [-0.2, -0.15) is 0 Å². The Balaban J connectivity index is 2.46. The Hall–Kier alpha value is -0.820. The van der Waals surface area contributed by atoms with E-state index in [9.17, 15) is 0 Å². The second kappa shape index (κ2) is 4.13. The molecule has 1 aromatic carbocycles. The summed E-state index contributed by atoms with van der Waals surface area (Å²) in [6, 6.07) is 6.94. The summed E-state index contributed by atoms with van der Waals surface area (Å²) in [5, 5.41) is 0. The van der Waals surface area contributed by atoms with Gasteiger partial charge in [0.25, 0.3) is 0 Å². The molecule has 0 aromatic heterocycles. The van der Waals surface area contributed by atoms with Crippen molar-refractivity contribution in [3.8, 4) is 0 Å². The van der Waals surface area contributed by atoms with Crippen LogP contribution in [-0.4, -0.2) is 6.54 Å². The van der Waals surface area contributed by atoms with Gasteiger partial charge in [0.2, 0.25) is 0 Å². The second-order valence-corrected chi connectivity index (χ2v) is 6.62. The lowest BCUT2D eigenvalue weighted by molar-refractivity contribution is 0.251. The third-order valence-electron chi connectivity index (χ3n) is 4.38. The average Bonchev–Trinajstić information content (AvgIpc) is 2.18. The molecule has 1 fully saturated rings. The lowest BCUT2D eigenvalue weighted by Gasteiger charge is -2.43. The van der Waals surface area contributed by atoms with Crippen LogP contribution in [0.15, 0.2) is 18.2 Å². The lowest BCUT2D eigenvalue weighted by Crippen LogP contribution is -2.42. The number of benzene rings is 1. The van der Waals surface area contributed by atoms with Crippen molar-refractivity contribution in [2.24, 2.45) is 5.73 Å². The highest BCUT2D eigenvalue weighted by atomic mass is 14.6. The van der Waals surface area contributed by atoms with Gasteiger partial charge in [-0.25, -0.2) is 0 Å². The molecule has 1 saturated carbocycles. The van der Waals surface area contributed by atoms with Gasteiger partial charge in [-0.05, 0) is 41.9 Å². The summed E-state index contributed by atoms with van der Waals surface area (Å²) in [4.78, 5) is 0. The summed E-state index contributed by atoms with van der Waals surface area (Å²) in [6.45, 7) is 9.84. The molecule has 1 heteroatoms. The van der Waals surface area contributed by atoms with Crippen LogP contribution in [0.3, 0.4) is 0 Å². The molecule has 1 aromatic rings. The molecule has 0 saturated heterocycles. The summed E-state index contributed by atoms with van der Waals surface area (Å²) in [7, 11) is 0. The SMILES string of the molecule is Cc1ccc(C(C)(C)C)cc1C1(CN)CCC1. The standard InChI is InChI=1S/C16H25N/c1-12-6-7-13(15(2,3)4)10-14(12)16(11-17)8-5-9-16/h6-7,10H,5,8-9,11,17H2,1-4H3. The molecule has 94 valence electrons. The van der Waals surface area contributed by atoms with E-state index in [2.05, 4.69) is 45.9 Å². The summed E-state index contributed by atoms with van der Waals surface area (Å²) in [5.41, 5.74) is 10.9. The fourth-order valence-electron chi connectivity index (χ4n) is 2.85. The molecule has 1 aliphatic rings. The Morgan fingerprint density at radius 1 is 1.24 bits per heavy atom. The zero-order chi connectivity index (χ0) is 12.7. The van der Waals surface area contributed by atoms with Crippen LogP contribution in [-0.2, 0) is 10.8 Å². The van der Waals surface area contributed by atoms with Crippen molar-refractivity contribution in [2.45, 2.75) is 57.8 Å². The van der Waals surface area contributed by atoms with E-state index in [1.54, 1.807) is 0 Å². The fraction of sp³-hybridized carbons (Fsp3) is 0.625. The molecule has 1 nitrogen and oxygen atoms in total. The van der Waals surface area contributed by atoms with Crippen LogP contribution in [0.25, 0.3) is 0 Å². The normalized spacial score (nSPS) is 18.9. The van der Waals surface area contributed by atoms with Gasteiger partial charge in [0, 0.05) is 12.0 Å². The Morgan fingerprint density at radius 2 is 1.88 bits per heavy atom. The van der Waals surface area contributed by atoms with E-state index < -0.39 is 0 Å². The Labute approximate surface area is 105 Å². The first kappa shape index (κ1) is 12.6. The first-order valence-electron chi connectivity index (χ1n) is 6.71. The van der Waals surface area contributed by atoms with Crippen LogP contribution in [0.2, 0.25) is 0 Å². The van der Waals surface area contributed by atoms with Gasteiger partial charge < -0.3 is 5.73 Å². The Kier molecular flexibility index (Phi) is 3.07. The predicted molar refractivity (Wildman–Crippen MR) is 74.5 cm³/mol. The molecule has 0 atom stereocenters. The van der Waals surface area contributed by atoms with E-state index in [-0.39, 0.29) is 10.8 Å². The van der Waals surface area contributed by atoms with Crippen molar-refractivity contribution in [1.29, 1.82) is 0 Å². The van der Waals surface area contributed by atoms with Crippen molar-refractivity contribution in [3.63, 3.8) is 0 Å². The van der Waals surface area contributed by atoms with Gasteiger partial charge >= 0.3 is 0 Å². The molecule has 1 aliphatic carbocycles. The largest absolute Gasteiger partial charge is 0.330 e. The first-order valence-corrected chi connectivity index (χ1v) is 6.71. The number of aryl methyl sites for hydroxylation is 1. The smallest absolute Gasteiger partial charge is 0.00783 e. The molecular formula is C16H25N. The van der Waals surface area contributed by atoms with Gasteiger partial charge in [0.1, 0.15) is 0 Å². The molecule has 0 unspecified atom stereocenters. The van der Waals surface area contributed by atoms with Crippen LogP contribution in [0.4, 0.5) is 0 Å². The van der Waals surface area contributed by atoms with Crippen molar-refractivity contribution in [1.82, 2.24) is 0 Å². The maximum absolute atomic E-state index is 6.03. The minimum Gasteiger partial charge on any atom is -0.330 e. The minimum atomic E-state index is 0.224. The Morgan fingerprint density at radius 3 is 2.29 bits per heavy atom. The zero-order valence-electron chi connectivity index (χ0n) is 11.6. The van der Waals surface area contributed by atoms with Crippen LogP contribution in [0.1, 0.15) is 56.7 Å². The fourth-order valence-corrected chi connectivity index (χ4v) is 2.85. The number of hydrogen-bond donors (Lipinski definition) is 1. The molecule has 0 spiro atoms. The van der Waals surface area contributed by atoms with E-state index >= 15 is 0 Å². The number of nitrogens with two attached hydrogens (primary N) is 1. The topological polar surface area (TPSA) is 26.0 Å². The highest BCUT2D eigenvalue weighted by Crippen LogP contribution is 2.45. The van der Waals surface area contributed by atoms with E-state index in [0.717, 1.165) is 6.54 Å². The lowest BCUT2D eigenvalue weighted by atomic mass is 9.63. The highest BCUT2D eigenvalue weighted by Gasteiger charge is 2.38. The Bertz CT molecular complexity index is 403. The van der Waals surface area contributed by atoms with Crippen LogP contribution < -0.4 is 5.73 Å². The molecular weight excluding hydrogens is 206 g/mol. The molecule has 0 amide bonds. The van der Waals surface area contributed by atoms with Gasteiger partial charge in [0.15, 0.2) is 0 Å². The van der Waals surface area contributed by atoms with Crippen molar-refractivity contribution in [3.05, 3.63) is 34.9 Å². The van der Waals surface area contributed by atoms with E-state index in [1.165, 1.54) is 36.0 Å². The quantitative estimate of drug-likeness (QED) is 0.825. The van der Waals surface area contributed by atoms with Gasteiger partial charge in [0.05, 0.1) is 0 Å². The second-order valence-electron chi connectivity index (χ2n) is 6.62. The first-order chi connectivity index (χ1) is 7.89. The van der Waals surface area contributed by atoms with E-state index in [1.807, 2.05) is 0 Å². The van der Waals surface area contributed by atoms with Crippen molar-refractivity contribution in [2.75, 3.05) is 6.54 Å². The molecule has 2 rings (SSSR count). The average molecular weight is 231 g/mol. The summed E-state index contributed by atoms with van der Waals surface area (Å²) in [6.07, 6.45) is 3.85. The van der Waals surface area contributed by atoms with Crippen LogP contribution in [0, 0.1) is 6.92 Å². The molecule has 0 aliphatic heterocycles. The molecule has 0 radical (unpaired) electrons. The van der Waals surface area contributed by atoms with Crippen molar-refractivity contribution < 1.29 is 0 Å². The summed E-state index contributed by atoms with van der Waals surface area (Å²) >= 11 is 0. The maximum atomic E-state index is 6.03. The monoisotopic (exact) mass is 231 g/mol. The molecule has 17 heavy (non-hydrogen) atoms. The maximum Gasteiger partial charge on any atom is 0.00783 e. The summed E-state index contributed by atoms with van der Waals surface area (Å²) in [5.74, 6) is 0. The van der Waals surface area contributed by atoms with Gasteiger partial charge in [-0.3, -0.25) is 0 Å². The zero-order valence-corrected chi connectivity index (χ0v) is 11.6. The number of rotatable bonds is 2. The third kappa shape index (κ3) is 2.13. The van der Waals surface area contributed by atoms with Crippen LogP contribution >= 0.6 is 0 Å².